The molecule has 19 heavy (non-hydrogen) atoms. The van der Waals surface area contributed by atoms with Gasteiger partial charge < -0.3 is 0 Å². The molecule has 2 heteroatoms. The molecule has 3 rings (SSSR count). The molecule has 0 bridgehead atoms. The molecule has 102 valence electrons. The lowest BCUT2D eigenvalue weighted by atomic mass is 9.98. The van der Waals surface area contributed by atoms with Crippen LogP contribution in [0.5, 0.6) is 0 Å². The van der Waals surface area contributed by atoms with Gasteiger partial charge in [0.25, 0.3) is 0 Å². The van der Waals surface area contributed by atoms with Gasteiger partial charge in [-0.15, -0.1) is 0 Å². The molecule has 2 aliphatic heterocycles. The van der Waals surface area contributed by atoms with Crippen LogP contribution < -0.4 is 5.32 Å². The zero-order chi connectivity index (χ0) is 12.9. The van der Waals surface area contributed by atoms with Gasteiger partial charge in [0.15, 0.2) is 0 Å². The molecule has 0 aromatic heterocycles. The molecule has 2 nitrogen and oxygen atoms in total. The number of hydrogen-bond donors (Lipinski definition) is 1. The summed E-state index contributed by atoms with van der Waals surface area (Å²) in [5.74, 6) is 0. The van der Waals surface area contributed by atoms with Gasteiger partial charge in [0.05, 0.1) is 6.17 Å². The van der Waals surface area contributed by atoms with E-state index in [1.54, 1.807) is 0 Å². The smallest absolute Gasteiger partial charge is 0.0641 e. The predicted octanol–water partition coefficient (Wildman–Crippen LogP) is 3.27. The Morgan fingerprint density at radius 1 is 0.947 bits per heavy atom. The zero-order valence-corrected chi connectivity index (χ0v) is 11.6. The van der Waals surface area contributed by atoms with Crippen molar-refractivity contribution in [3.8, 4) is 0 Å². The van der Waals surface area contributed by atoms with E-state index in [0.717, 1.165) is 13.0 Å². The molecule has 0 radical (unpaired) electrons. The monoisotopic (exact) mass is 256 g/mol. The molecule has 1 aromatic carbocycles. The number of rotatable bonds is 2. The van der Waals surface area contributed by atoms with E-state index in [1.807, 2.05) is 0 Å². The van der Waals surface area contributed by atoms with E-state index < -0.39 is 0 Å². The van der Waals surface area contributed by atoms with Crippen LogP contribution in [-0.4, -0.2) is 30.7 Å². The Morgan fingerprint density at radius 3 is 2.42 bits per heavy atom. The van der Waals surface area contributed by atoms with Crippen molar-refractivity contribution in [2.24, 2.45) is 0 Å². The lowest BCUT2D eigenvalue weighted by molar-refractivity contribution is 0.174. The molecule has 1 unspecified atom stereocenters. The van der Waals surface area contributed by atoms with Crippen molar-refractivity contribution in [1.82, 2.24) is 10.2 Å². The highest BCUT2D eigenvalue weighted by Crippen LogP contribution is 2.25. The second-order valence-electron chi connectivity index (χ2n) is 5.67. The molecule has 0 aliphatic carbocycles. The Hall–Kier alpha value is -1.12. The Balaban J connectivity index is 1.68. The molecule has 0 spiro atoms. The van der Waals surface area contributed by atoms with Crippen LogP contribution in [0.15, 0.2) is 36.4 Å². The SMILES string of the molecule is C1=C(c2ccccc2)CC(N2CCCCCC2)NC1. The van der Waals surface area contributed by atoms with Crippen LogP contribution in [0.1, 0.15) is 37.7 Å². The highest BCUT2D eigenvalue weighted by atomic mass is 15.3. The minimum atomic E-state index is 0.540. The average molecular weight is 256 g/mol. The maximum absolute atomic E-state index is 3.67. The first-order valence-electron chi connectivity index (χ1n) is 7.65. The minimum Gasteiger partial charge on any atom is -0.298 e. The van der Waals surface area contributed by atoms with Gasteiger partial charge in [-0.3, -0.25) is 10.2 Å². The number of hydrogen-bond acceptors (Lipinski definition) is 2. The number of likely N-dealkylation sites (tertiary alicyclic amines) is 1. The number of nitrogens with one attached hydrogen (secondary N) is 1. The first kappa shape index (κ1) is 12.9. The van der Waals surface area contributed by atoms with Crippen molar-refractivity contribution in [2.75, 3.05) is 19.6 Å². The van der Waals surface area contributed by atoms with Crippen molar-refractivity contribution in [1.29, 1.82) is 0 Å². The Kier molecular flexibility index (Phi) is 4.31. The lowest BCUT2D eigenvalue weighted by Crippen LogP contribution is -2.48. The van der Waals surface area contributed by atoms with Crippen molar-refractivity contribution in [3.05, 3.63) is 42.0 Å². The van der Waals surface area contributed by atoms with E-state index in [9.17, 15) is 0 Å². The van der Waals surface area contributed by atoms with E-state index in [2.05, 4.69) is 46.6 Å². The summed E-state index contributed by atoms with van der Waals surface area (Å²) in [6.45, 7) is 3.53. The van der Waals surface area contributed by atoms with Crippen LogP contribution in [0, 0.1) is 0 Å². The standard InChI is InChI=1S/C17H24N2/c1-2-7-13-19(12-6-1)17-14-16(10-11-18-17)15-8-4-3-5-9-15/h3-5,8-10,17-18H,1-2,6-7,11-14H2. The molecule has 0 saturated carbocycles. The van der Waals surface area contributed by atoms with Crippen LogP contribution in [0.25, 0.3) is 5.57 Å². The summed E-state index contributed by atoms with van der Waals surface area (Å²) in [5.41, 5.74) is 2.90. The van der Waals surface area contributed by atoms with Crippen LogP contribution >= 0.6 is 0 Å². The van der Waals surface area contributed by atoms with Crippen molar-refractivity contribution < 1.29 is 0 Å². The highest BCUT2D eigenvalue weighted by molar-refractivity contribution is 5.66. The summed E-state index contributed by atoms with van der Waals surface area (Å²) in [6.07, 6.45) is 9.58. The fourth-order valence-electron chi connectivity index (χ4n) is 3.23. The van der Waals surface area contributed by atoms with Gasteiger partial charge in [-0.1, -0.05) is 49.2 Å². The molecular formula is C17H24N2. The first-order chi connectivity index (χ1) is 9.43. The summed E-state index contributed by atoms with van der Waals surface area (Å²) in [6, 6.07) is 10.8. The highest BCUT2D eigenvalue weighted by Gasteiger charge is 2.22. The second-order valence-corrected chi connectivity index (χ2v) is 5.67. The molecule has 0 amide bonds. The largest absolute Gasteiger partial charge is 0.298 e. The molecule has 2 aliphatic rings. The molecule has 1 N–H and O–H groups in total. The maximum atomic E-state index is 3.67. The Labute approximate surface area is 116 Å². The van der Waals surface area contributed by atoms with Gasteiger partial charge in [0.1, 0.15) is 0 Å². The van der Waals surface area contributed by atoms with Crippen LogP contribution in [-0.2, 0) is 0 Å². The first-order valence-corrected chi connectivity index (χ1v) is 7.65. The third kappa shape index (κ3) is 3.26. The Morgan fingerprint density at radius 2 is 1.68 bits per heavy atom. The average Bonchev–Trinajstić information content (AvgIpc) is 2.77. The van der Waals surface area contributed by atoms with Crippen LogP contribution in [0.4, 0.5) is 0 Å². The second kappa shape index (κ2) is 6.36. The summed E-state index contributed by atoms with van der Waals surface area (Å²) >= 11 is 0. The van der Waals surface area contributed by atoms with Crippen LogP contribution in [0.2, 0.25) is 0 Å². The molecular weight excluding hydrogens is 232 g/mol. The van der Waals surface area contributed by atoms with E-state index >= 15 is 0 Å². The fraction of sp³-hybridized carbons (Fsp3) is 0.529. The topological polar surface area (TPSA) is 15.3 Å². The normalized spacial score (nSPS) is 25.7. The van der Waals surface area contributed by atoms with Gasteiger partial charge in [-0.2, -0.15) is 0 Å². The summed E-state index contributed by atoms with van der Waals surface area (Å²) in [7, 11) is 0. The lowest BCUT2D eigenvalue weighted by Gasteiger charge is -2.34. The third-order valence-electron chi connectivity index (χ3n) is 4.34. The number of nitrogens with zero attached hydrogens (tertiary/aromatic N) is 1. The fourth-order valence-corrected chi connectivity index (χ4v) is 3.23. The number of benzene rings is 1. The van der Waals surface area contributed by atoms with Crippen LogP contribution in [0.3, 0.4) is 0 Å². The summed E-state index contributed by atoms with van der Waals surface area (Å²) in [4.78, 5) is 2.66. The molecule has 1 aromatic rings. The summed E-state index contributed by atoms with van der Waals surface area (Å²) in [5, 5.41) is 3.67. The van der Waals surface area contributed by atoms with Gasteiger partial charge in [-0.05, 0) is 37.1 Å². The molecule has 2 heterocycles. The van der Waals surface area contributed by atoms with E-state index in [1.165, 1.54) is 49.9 Å². The van der Waals surface area contributed by atoms with Crippen molar-refractivity contribution >= 4 is 5.57 Å². The van der Waals surface area contributed by atoms with Gasteiger partial charge in [0.2, 0.25) is 0 Å². The van der Waals surface area contributed by atoms with Gasteiger partial charge in [-0.25, -0.2) is 0 Å². The molecule has 1 atom stereocenters. The minimum absolute atomic E-state index is 0.540. The van der Waals surface area contributed by atoms with Gasteiger partial charge >= 0.3 is 0 Å². The van der Waals surface area contributed by atoms with E-state index in [0.29, 0.717) is 6.17 Å². The molecule has 1 fully saturated rings. The quantitative estimate of drug-likeness (QED) is 0.873. The molecule has 1 saturated heterocycles. The Bertz CT molecular complexity index is 416. The van der Waals surface area contributed by atoms with Gasteiger partial charge in [0, 0.05) is 13.0 Å². The predicted molar refractivity (Wildman–Crippen MR) is 80.9 cm³/mol. The van der Waals surface area contributed by atoms with Crippen molar-refractivity contribution in [3.63, 3.8) is 0 Å². The van der Waals surface area contributed by atoms with Crippen molar-refractivity contribution in [2.45, 2.75) is 38.3 Å². The third-order valence-corrected chi connectivity index (χ3v) is 4.34. The zero-order valence-electron chi connectivity index (χ0n) is 11.6. The maximum Gasteiger partial charge on any atom is 0.0641 e. The van der Waals surface area contributed by atoms with E-state index in [-0.39, 0.29) is 0 Å². The van der Waals surface area contributed by atoms with E-state index in [4.69, 9.17) is 0 Å². The summed E-state index contributed by atoms with van der Waals surface area (Å²) < 4.78 is 0.